The van der Waals surface area contributed by atoms with Crippen molar-refractivity contribution < 1.29 is 33.5 Å². The van der Waals surface area contributed by atoms with Crippen molar-refractivity contribution in [1.82, 2.24) is 0 Å². The highest BCUT2D eigenvalue weighted by Gasteiger charge is 2.50. The quantitative estimate of drug-likeness (QED) is 0.0491. The van der Waals surface area contributed by atoms with Crippen molar-refractivity contribution in [3.8, 4) is 0 Å². The molecule has 2 aliphatic carbocycles. The summed E-state index contributed by atoms with van der Waals surface area (Å²) in [5.41, 5.74) is 0.621. The normalized spacial score (nSPS) is 21.4. The molecule has 0 heterocycles. The molecule has 0 saturated carbocycles. The molecule has 11 nitrogen and oxygen atoms in total. The van der Waals surface area contributed by atoms with Gasteiger partial charge >= 0.3 is 0 Å². The predicted molar refractivity (Wildman–Crippen MR) is 215 cm³/mol. The van der Waals surface area contributed by atoms with E-state index in [2.05, 4.69) is 13.2 Å². The Bertz CT molecular complexity index is 1980. The van der Waals surface area contributed by atoms with Crippen LogP contribution in [-0.4, -0.2) is 35.1 Å². The van der Waals surface area contributed by atoms with Crippen molar-refractivity contribution in [2.24, 2.45) is 10.8 Å². The van der Waals surface area contributed by atoms with Gasteiger partial charge in [0.15, 0.2) is 23.0 Å². The van der Waals surface area contributed by atoms with Crippen LogP contribution in [0.15, 0.2) is 194 Å². The summed E-state index contributed by atoms with van der Waals surface area (Å²) in [6.07, 6.45) is 8.91. The zero-order valence-electron chi connectivity index (χ0n) is 31.4. The third kappa shape index (κ3) is 9.94. The van der Waals surface area contributed by atoms with Gasteiger partial charge in [0.1, 0.15) is 37.3 Å². The van der Waals surface area contributed by atoms with Gasteiger partial charge < -0.3 is 23.7 Å². The number of nitrogens with zero attached hydrogens (tertiary/aromatic N) is 2. The number of ether oxygens (including phenoxy) is 5. The average Bonchev–Trinajstić information content (AvgIpc) is 3.25. The maximum Gasteiger partial charge on any atom is 0.249 e. The molecule has 0 amide bonds. The van der Waals surface area contributed by atoms with Crippen molar-refractivity contribution in [1.29, 1.82) is 0 Å². The van der Waals surface area contributed by atoms with E-state index < -0.39 is 32.8 Å². The number of hydrogen-bond donors (Lipinski definition) is 0. The molecule has 0 aliphatic heterocycles. The first-order valence-electron chi connectivity index (χ1n) is 18.4. The summed E-state index contributed by atoms with van der Waals surface area (Å²) in [4.78, 5) is 24.7. The van der Waals surface area contributed by atoms with Gasteiger partial charge in [0.25, 0.3) is 0 Å². The second-order valence-corrected chi connectivity index (χ2v) is 13.8. The minimum Gasteiger partial charge on any atom is -0.485 e. The Morgan fingerprint density at radius 1 is 0.491 bits per heavy atom. The molecule has 292 valence electrons. The molecule has 57 heavy (non-hydrogen) atoms. The topological polar surface area (TPSA) is 132 Å². The molecule has 0 saturated heterocycles. The van der Waals surface area contributed by atoms with Gasteiger partial charge in [-0.2, -0.15) is 0 Å². The lowest BCUT2D eigenvalue weighted by Gasteiger charge is -2.36. The molecular formula is C46H44N2O9. The molecule has 4 aromatic rings. The fourth-order valence-corrected chi connectivity index (χ4v) is 6.62. The summed E-state index contributed by atoms with van der Waals surface area (Å²) < 4.78 is 31.2. The molecule has 0 N–H and O–H groups in total. The highest BCUT2D eigenvalue weighted by Crippen LogP contribution is 2.42. The first-order chi connectivity index (χ1) is 27.7. The fourth-order valence-electron chi connectivity index (χ4n) is 6.62. The average molecular weight is 769 g/mol. The molecular weight excluding hydrogens is 725 g/mol. The molecule has 11 heteroatoms. The van der Waals surface area contributed by atoms with Gasteiger partial charge in [-0.1, -0.05) is 133 Å². The van der Waals surface area contributed by atoms with Crippen LogP contribution in [-0.2, 0) is 50.1 Å². The molecule has 4 atom stereocenters. The van der Waals surface area contributed by atoms with Crippen molar-refractivity contribution in [2.75, 3.05) is 13.2 Å². The van der Waals surface area contributed by atoms with Gasteiger partial charge in [-0.05, 0) is 34.4 Å². The van der Waals surface area contributed by atoms with Crippen LogP contribution in [0.2, 0.25) is 0 Å². The van der Waals surface area contributed by atoms with Crippen LogP contribution in [0.1, 0.15) is 22.3 Å². The fraction of sp³-hybridized carbons (Fsp3) is 0.217. The predicted octanol–water partition coefficient (Wildman–Crippen LogP) is 9.07. The van der Waals surface area contributed by atoms with Crippen molar-refractivity contribution in [3.05, 3.63) is 236 Å². The molecule has 4 aromatic carbocycles. The van der Waals surface area contributed by atoms with Crippen LogP contribution >= 0.6 is 0 Å². The third-order valence-corrected chi connectivity index (χ3v) is 9.87. The van der Waals surface area contributed by atoms with Crippen LogP contribution in [0.5, 0.6) is 0 Å². The van der Waals surface area contributed by atoms with E-state index in [1.54, 1.807) is 12.2 Å². The molecule has 4 unspecified atom stereocenters. The summed E-state index contributed by atoms with van der Waals surface area (Å²) in [7, 11) is 0. The Labute approximate surface area is 331 Å². The SMILES string of the molecule is C=CC1(COCC2(C=C)C=C(OCc3ccccc3)C(OCc3ccccc3)=CC2[N+](=O)[O-])C=C(OCc2ccccc2)C(OCc2ccccc2)=CC1[N+](=O)[O-]. The molecule has 0 aromatic heterocycles. The minimum atomic E-state index is -1.44. The van der Waals surface area contributed by atoms with E-state index in [-0.39, 0.29) is 62.7 Å². The number of hydrogen-bond acceptors (Lipinski definition) is 9. The van der Waals surface area contributed by atoms with Crippen molar-refractivity contribution >= 4 is 0 Å². The molecule has 2 aliphatic rings. The smallest absolute Gasteiger partial charge is 0.249 e. The monoisotopic (exact) mass is 768 g/mol. The lowest BCUT2D eigenvalue weighted by molar-refractivity contribution is -0.527. The van der Waals surface area contributed by atoms with E-state index in [9.17, 15) is 20.2 Å². The van der Waals surface area contributed by atoms with Gasteiger partial charge in [0.2, 0.25) is 12.1 Å². The molecule has 0 fully saturated rings. The van der Waals surface area contributed by atoms with Gasteiger partial charge in [-0.25, -0.2) is 0 Å². The summed E-state index contributed by atoms with van der Waals surface area (Å²) in [5.74, 6) is 0.952. The number of nitro groups is 2. The van der Waals surface area contributed by atoms with Crippen LogP contribution in [0, 0.1) is 31.1 Å². The van der Waals surface area contributed by atoms with E-state index in [0.29, 0.717) is 0 Å². The van der Waals surface area contributed by atoms with E-state index in [4.69, 9.17) is 23.7 Å². The lowest BCUT2D eigenvalue weighted by Crippen LogP contribution is -2.46. The van der Waals surface area contributed by atoms with Crippen molar-refractivity contribution in [2.45, 2.75) is 38.5 Å². The zero-order chi connectivity index (χ0) is 40.1. The Hall–Kier alpha value is -6.72. The summed E-state index contributed by atoms with van der Waals surface area (Å²) in [5, 5.41) is 25.5. The summed E-state index contributed by atoms with van der Waals surface area (Å²) in [6.45, 7) is 8.04. The zero-order valence-corrected chi connectivity index (χ0v) is 31.4. The second kappa shape index (κ2) is 18.7. The van der Waals surface area contributed by atoms with E-state index in [1.165, 1.54) is 24.3 Å². The van der Waals surface area contributed by atoms with Crippen LogP contribution in [0.3, 0.4) is 0 Å². The van der Waals surface area contributed by atoms with Gasteiger partial charge in [0.05, 0.1) is 13.2 Å². The number of benzene rings is 4. The van der Waals surface area contributed by atoms with Crippen LogP contribution in [0.4, 0.5) is 0 Å². The van der Waals surface area contributed by atoms with Gasteiger partial charge in [-0.15, -0.1) is 13.2 Å². The standard InChI is InChI=1S/C46H44N2O9/c1-3-45(27-41(56-31-37-21-13-7-14-22-37)39(25-43(45)47(49)50)54-29-35-17-9-5-10-18-35)33-53-34-46(4-2)28-42(57-32-38-23-15-8-16-24-38)40(26-44(46)48(51)52)55-30-36-19-11-6-12-20-36/h3-28,43-44H,1-2,29-34H2. The van der Waals surface area contributed by atoms with Crippen LogP contribution in [0.25, 0.3) is 0 Å². The minimum absolute atomic E-state index is 0.149. The van der Waals surface area contributed by atoms with Gasteiger partial charge in [0, 0.05) is 22.0 Å². The Balaban J connectivity index is 1.28. The highest BCUT2D eigenvalue weighted by atomic mass is 16.6. The number of rotatable bonds is 20. The van der Waals surface area contributed by atoms with E-state index in [0.717, 1.165) is 22.3 Å². The molecule has 0 bridgehead atoms. The van der Waals surface area contributed by atoms with E-state index in [1.807, 2.05) is 121 Å². The van der Waals surface area contributed by atoms with E-state index >= 15 is 0 Å². The lowest BCUT2D eigenvalue weighted by atomic mass is 9.76. The van der Waals surface area contributed by atoms with Gasteiger partial charge in [-0.3, -0.25) is 20.2 Å². The summed E-state index contributed by atoms with van der Waals surface area (Å²) >= 11 is 0. The highest BCUT2D eigenvalue weighted by molar-refractivity contribution is 5.37. The Morgan fingerprint density at radius 2 is 0.772 bits per heavy atom. The summed E-state index contributed by atoms with van der Waals surface area (Å²) in [6, 6.07) is 35.1. The first-order valence-corrected chi connectivity index (χ1v) is 18.4. The molecule has 0 radical (unpaired) electrons. The third-order valence-electron chi connectivity index (χ3n) is 9.87. The molecule has 0 spiro atoms. The largest absolute Gasteiger partial charge is 0.485 e. The first kappa shape index (κ1) is 40.0. The maximum atomic E-state index is 12.8. The second-order valence-electron chi connectivity index (χ2n) is 13.8. The van der Waals surface area contributed by atoms with Crippen molar-refractivity contribution in [3.63, 3.8) is 0 Å². The Morgan fingerprint density at radius 3 is 1.04 bits per heavy atom. The molecule has 6 rings (SSSR count). The van der Waals surface area contributed by atoms with Crippen LogP contribution < -0.4 is 0 Å². The maximum absolute atomic E-state index is 12.8. The Kier molecular flexibility index (Phi) is 13.1.